The van der Waals surface area contributed by atoms with Crippen LogP contribution in [0.4, 0.5) is 5.69 Å². The third kappa shape index (κ3) is 4.78. The molecule has 3 rings (SSSR count). The van der Waals surface area contributed by atoms with E-state index in [4.69, 9.17) is 4.74 Å². The van der Waals surface area contributed by atoms with Gasteiger partial charge < -0.3 is 9.64 Å². The number of anilines is 1. The van der Waals surface area contributed by atoms with Gasteiger partial charge >= 0.3 is 0 Å². The predicted octanol–water partition coefficient (Wildman–Crippen LogP) is 5.84. The number of morpholine rings is 1. The van der Waals surface area contributed by atoms with E-state index >= 15 is 0 Å². The third-order valence-electron chi connectivity index (χ3n) is 6.82. The second-order valence-electron chi connectivity index (χ2n) is 8.49. The molecule has 0 N–H and O–H groups in total. The van der Waals surface area contributed by atoms with Crippen molar-refractivity contribution in [1.82, 2.24) is 0 Å². The van der Waals surface area contributed by atoms with E-state index in [9.17, 15) is 0 Å². The molecule has 1 heterocycles. The Kier molecular flexibility index (Phi) is 6.44. The smallest absolute Gasteiger partial charge is 0.0852 e. The van der Waals surface area contributed by atoms with E-state index in [1.807, 2.05) is 0 Å². The molecule has 2 nitrogen and oxygen atoms in total. The van der Waals surface area contributed by atoms with Gasteiger partial charge in [0.25, 0.3) is 0 Å². The maximum Gasteiger partial charge on any atom is 0.0852 e. The number of hydrogen-bond donors (Lipinski definition) is 0. The van der Waals surface area contributed by atoms with Crippen molar-refractivity contribution in [3.8, 4) is 0 Å². The minimum atomic E-state index is 0.0506. The summed E-state index contributed by atoms with van der Waals surface area (Å²) in [6.45, 7) is 9.81. The molecule has 2 fully saturated rings. The van der Waals surface area contributed by atoms with Crippen molar-refractivity contribution in [2.45, 2.75) is 77.7 Å². The summed E-state index contributed by atoms with van der Waals surface area (Å²) in [6.07, 6.45) is 10.6. The van der Waals surface area contributed by atoms with Crippen LogP contribution >= 0.6 is 0 Å². The Hall–Kier alpha value is -1.02. The zero-order chi connectivity index (χ0) is 17.7. The highest BCUT2D eigenvalue weighted by molar-refractivity contribution is 5.48. The molecular formula is C23H37NO. The van der Waals surface area contributed by atoms with Crippen molar-refractivity contribution in [2.75, 3.05) is 24.6 Å². The minimum Gasteiger partial charge on any atom is -0.371 e. The molecule has 1 aromatic rings. The third-order valence-corrected chi connectivity index (χ3v) is 6.82. The fourth-order valence-electron chi connectivity index (χ4n) is 4.61. The normalized spacial score (nSPS) is 26.6. The molecule has 140 valence electrons. The predicted molar refractivity (Wildman–Crippen MR) is 107 cm³/mol. The van der Waals surface area contributed by atoms with Crippen LogP contribution in [0.5, 0.6) is 0 Å². The van der Waals surface area contributed by atoms with E-state index in [2.05, 4.69) is 49.9 Å². The van der Waals surface area contributed by atoms with Crippen LogP contribution in [-0.2, 0) is 11.2 Å². The number of aryl methyl sites for hydroxylation is 1. The highest BCUT2D eigenvalue weighted by Gasteiger charge is 2.33. The first-order valence-electron chi connectivity index (χ1n) is 10.6. The van der Waals surface area contributed by atoms with Gasteiger partial charge in [-0.2, -0.15) is 0 Å². The van der Waals surface area contributed by atoms with E-state index in [0.29, 0.717) is 0 Å². The summed E-state index contributed by atoms with van der Waals surface area (Å²) in [6, 6.07) is 9.38. The lowest BCUT2D eigenvalue weighted by Gasteiger charge is -2.43. The quantitative estimate of drug-likeness (QED) is 0.643. The van der Waals surface area contributed by atoms with Crippen LogP contribution in [0.25, 0.3) is 0 Å². The molecule has 1 aliphatic carbocycles. The van der Waals surface area contributed by atoms with Gasteiger partial charge in [0.2, 0.25) is 0 Å². The Balaban J connectivity index is 1.53. The Morgan fingerprint density at radius 3 is 2.36 bits per heavy atom. The maximum atomic E-state index is 6.11. The summed E-state index contributed by atoms with van der Waals surface area (Å²) in [5.74, 6) is 1.92. The summed E-state index contributed by atoms with van der Waals surface area (Å²) >= 11 is 0. The molecule has 0 radical (unpaired) electrons. The van der Waals surface area contributed by atoms with Crippen LogP contribution in [0.3, 0.4) is 0 Å². The van der Waals surface area contributed by atoms with Crippen LogP contribution in [-0.4, -0.2) is 25.3 Å². The summed E-state index contributed by atoms with van der Waals surface area (Å²) in [5, 5.41) is 0. The molecule has 1 saturated heterocycles. The van der Waals surface area contributed by atoms with Crippen molar-refractivity contribution in [3.05, 3.63) is 29.8 Å². The van der Waals surface area contributed by atoms with Gasteiger partial charge in [0.05, 0.1) is 12.2 Å². The second-order valence-corrected chi connectivity index (χ2v) is 8.49. The van der Waals surface area contributed by atoms with E-state index in [1.165, 1.54) is 49.8 Å². The Morgan fingerprint density at radius 1 is 1.04 bits per heavy atom. The first-order valence-corrected chi connectivity index (χ1v) is 10.6. The van der Waals surface area contributed by atoms with Gasteiger partial charge in [0, 0.05) is 18.8 Å². The number of rotatable bonds is 6. The molecule has 0 atom stereocenters. The average Bonchev–Trinajstić information content (AvgIpc) is 2.68. The molecule has 1 aliphatic heterocycles. The summed E-state index contributed by atoms with van der Waals surface area (Å²) in [4.78, 5) is 2.52. The SMILES string of the molecule is CCC1(CC)CN(c2ccc(CCC3CCC(C)CC3)cc2)CCO1. The van der Waals surface area contributed by atoms with Crippen LogP contribution < -0.4 is 4.90 Å². The minimum absolute atomic E-state index is 0.0506. The van der Waals surface area contributed by atoms with Crippen molar-refractivity contribution in [3.63, 3.8) is 0 Å². The van der Waals surface area contributed by atoms with Gasteiger partial charge in [0.15, 0.2) is 0 Å². The summed E-state index contributed by atoms with van der Waals surface area (Å²) in [7, 11) is 0. The number of benzene rings is 1. The molecule has 2 aliphatic rings. The molecule has 0 amide bonds. The zero-order valence-corrected chi connectivity index (χ0v) is 16.6. The lowest BCUT2D eigenvalue weighted by Crippen LogP contribution is -2.51. The summed E-state index contributed by atoms with van der Waals surface area (Å²) in [5.41, 5.74) is 2.92. The number of ether oxygens (including phenoxy) is 1. The van der Waals surface area contributed by atoms with Crippen molar-refractivity contribution in [2.24, 2.45) is 11.8 Å². The largest absolute Gasteiger partial charge is 0.371 e. The molecule has 1 aromatic carbocycles. The Bertz CT molecular complexity index is 511. The lowest BCUT2D eigenvalue weighted by molar-refractivity contribution is -0.0605. The van der Waals surface area contributed by atoms with Crippen LogP contribution in [0.15, 0.2) is 24.3 Å². The Morgan fingerprint density at radius 2 is 1.72 bits per heavy atom. The highest BCUT2D eigenvalue weighted by Crippen LogP contribution is 2.32. The van der Waals surface area contributed by atoms with E-state index < -0.39 is 0 Å². The van der Waals surface area contributed by atoms with Gasteiger partial charge in [-0.15, -0.1) is 0 Å². The lowest BCUT2D eigenvalue weighted by atomic mass is 9.80. The number of hydrogen-bond acceptors (Lipinski definition) is 2. The van der Waals surface area contributed by atoms with Crippen molar-refractivity contribution in [1.29, 1.82) is 0 Å². The van der Waals surface area contributed by atoms with E-state index in [-0.39, 0.29) is 5.60 Å². The van der Waals surface area contributed by atoms with E-state index in [1.54, 1.807) is 0 Å². The van der Waals surface area contributed by atoms with Gasteiger partial charge in [-0.05, 0) is 55.2 Å². The fraction of sp³-hybridized carbons (Fsp3) is 0.739. The zero-order valence-electron chi connectivity index (χ0n) is 16.6. The van der Waals surface area contributed by atoms with Crippen molar-refractivity contribution >= 4 is 5.69 Å². The summed E-state index contributed by atoms with van der Waals surface area (Å²) < 4.78 is 6.11. The molecule has 0 spiro atoms. The Labute approximate surface area is 154 Å². The first-order chi connectivity index (χ1) is 12.1. The maximum absolute atomic E-state index is 6.11. The molecule has 0 aromatic heterocycles. The molecule has 0 unspecified atom stereocenters. The van der Waals surface area contributed by atoms with Gasteiger partial charge in [0.1, 0.15) is 0 Å². The van der Waals surface area contributed by atoms with Crippen LogP contribution in [0.1, 0.15) is 71.3 Å². The van der Waals surface area contributed by atoms with Crippen LogP contribution in [0, 0.1) is 11.8 Å². The fourth-order valence-corrected chi connectivity index (χ4v) is 4.61. The van der Waals surface area contributed by atoms with Gasteiger partial charge in [-0.3, -0.25) is 0 Å². The highest BCUT2D eigenvalue weighted by atomic mass is 16.5. The van der Waals surface area contributed by atoms with E-state index in [0.717, 1.165) is 44.4 Å². The molecule has 0 bridgehead atoms. The number of nitrogens with zero attached hydrogens (tertiary/aromatic N) is 1. The average molecular weight is 344 g/mol. The van der Waals surface area contributed by atoms with Gasteiger partial charge in [-0.1, -0.05) is 58.6 Å². The first kappa shape index (κ1) is 18.8. The van der Waals surface area contributed by atoms with Crippen LogP contribution in [0.2, 0.25) is 0 Å². The molecular weight excluding hydrogens is 306 g/mol. The topological polar surface area (TPSA) is 12.5 Å². The monoisotopic (exact) mass is 343 g/mol. The standard InChI is InChI=1S/C23H37NO/c1-4-23(5-2)18-24(16-17-25-23)22-14-12-21(13-15-22)11-10-20-8-6-19(3)7-9-20/h12-15,19-20H,4-11,16-18H2,1-3H3. The van der Waals surface area contributed by atoms with Gasteiger partial charge in [-0.25, -0.2) is 0 Å². The second kappa shape index (κ2) is 8.58. The molecule has 1 saturated carbocycles. The molecule has 25 heavy (non-hydrogen) atoms. The molecule has 2 heteroatoms. The van der Waals surface area contributed by atoms with Crippen molar-refractivity contribution < 1.29 is 4.74 Å².